The van der Waals surface area contributed by atoms with Gasteiger partial charge in [-0.1, -0.05) is 17.8 Å². The second-order valence-corrected chi connectivity index (χ2v) is 5.56. The summed E-state index contributed by atoms with van der Waals surface area (Å²) < 4.78 is 12.9. The number of hydrogen-bond acceptors (Lipinski definition) is 3. The Kier molecular flexibility index (Phi) is 3.97. The van der Waals surface area contributed by atoms with Crippen molar-refractivity contribution in [3.8, 4) is 0 Å². The summed E-state index contributed by atoms with van der Waals surface area (Å²) in [7, 11) is 0. The van der Waals surface area contributed by atoms with Crippen LogP contribution in [0.4, 0.5) is 10.1 Å². The summed E-state index contributed by atoms with van der Waals surface area (Å²) in [4.78, 5) is 11.0. The first-order valence-electron chi connectivity index (χ1n) is 6.42. The first-order valence-corrected chi connectivity index (χ1v) is 7.41. The van der Waals surface area contributed by atoms with Crippen LogP contribution in [0.25, 0.3) is 0 Å². The molecule has 0 radical (unpaired) electrons. The van der Waals surface area contributed by atoms with Gasteiger partial charge in [0.15, 0.2) is 5.17 Å². The molecule has 0 N–H and O–H groups in total. The van der Waals surface area contributed by atoms with Crippen molar-refractivity contribution in [3.63, 3.8) is 0 Å². The van der Waals surface area contributed by atoms with E-state index in [1.165, 1.54) is 17.7 Å². The molecule has 3 rings (SSSR count). The lowest BCUT2D eigenvalue weighted by Gasteiger charge is -2.17. The second kappa shape index (κ2) is 6.05. The normalized spacial score (nSPS) is 16.9. The smallest absolute Gasteiger partial charge is 0.164 e. The summed E-state index contributed by atoms with van der Waals surface area (Å²) in [5.41, 5.74) is 1.95. The van der Waals surface area contributed by atoms with Crippen molar-refractivity contribution in [1.29, 1.82) is 0 Å². The number of hydrogen-bond donors (Lipinski definition) is 0. The Labute approximate surface area is 121 Å². The van der Waals surface area contributed by atoms with E-state index in [1.54, 1.807) is 30.1 Å². The third kappa shape index (κ3) is 3.17. The van der Waals surface area contributed by atoms with Crippen molar-refractivity contribution in [3.05, 3.63) is 60.2 Å². The predicted octanol–water partition coefficient (Wildman–Crippen LogP) is 3.46. The highest BCUT2D eigenvalue weighted by molar-refractivity contribution is 8.14. The van der Waals surface area contributed by atoms with Crippen molar-refractivity contribution in [1.82, 2.24) is 9.88 Å². The minimum atomic E-state index is -0.236. The van der Waals surface area contributed by atoms with E-state index >= 15 is 0 Å². The predicted molar refractivity (Wildman–Crippen MR) is 80.6 cm³/mol. The Morgan fingerprint density at radius 3 is 2.85 bits per heavy atom. The Morgan fingerprint density at radius 2 is 2.10 bits per heavy atom. The number of benzene rings is 1. The SMILES string of the molecule is Fc1ccc(N=C2SCCN2Cc2cccnc2)cc1. The number of aliphatic imine (C=N–C) groups is 1. The fraction of sp³-hybridized carbons (Fsp3) is 0.200. The zero-order valence-electron chi connectivity index (χ0n) is 10.9. The third-order valence-electron chi connectivity index (χ3n) is 3.01. The molecule has 20 heavy (non-hydrogen) atoms. The molecule has 5 heteroatoms. The molecule has 1 aliphatic rings. The van der Waals surface area contributed by atoms with Crippen LogP contribution in [0.1, 0.15) is 5.56 Å². The molecule has 1 fully saturated rings. The molecule has 1 aliphatic heterocycles. The fourth-order valence-corrected chi connectivity index (χ4v) is 3.02. The van der Waals surface area contributed by atoms with Gasteiger partial charge in [-0.3, -0.25) is 4.98 Å². The molecule has 1 aromatic heterocycles. The van der Waals surface area contributed by atoms with Gasteiger partial charge >= 0.3 is 0 Å². The van der Waals surface area contributed by atoms with Gasteiger partial charge in [0.25, 0.3) is 0 Å². The van der Waals surface area contributed by atoms with E-state index < -0.39 is 0 Å². The van der Waals surface area contributed by atoms with Crippen molar-refractivity contribution in [2.24, 2.45) is 4.99 Å². The maximum Gasteiger partial charge on any atom is 0.164 e. The highest BCUT2D eigenvalue weighted by atomic mass is 32.2. The van der Waals surface area contributed by atoms with Crippen LogP contribution >= 0.6 is 11.8 Å². The number of nitrogens with zero attached hydrogens (tertiary/aromatic N) is 3. The van der Waals surface area contributed by atoms with Gasteiger partial charge in [-0.2, -0.15) is 0 Å². The van der Waals surface area contributed by atoms with E-state index in [0.717, 1.165) is 29.7 Å². The summed E-state index contributed by atoms with van der Waals surface area (Å²) in [5.74, 6) is 0.792. The first-order chi connectivity index (χ1) is 9.81. The molecule has 0 unspecified atom stereocenters. The van der Waals surface area contributed by atoms with Gasteiger partial charge in [0.1, 0.15) is 5.82 Å². The Balaban J connectivity index is 1.76. The van der Waals surface area contributed by atoms with E-state index in [-0.39, 0.29) is 5.82 Å². The summed E-state index contributed by atoms with van der Waals surface area (Å²) in [6.07, 6.45) is 3.65. The molecule has 2 aromatic rings. The Bertz CT molecular complexity index is 598. The van der Waals surface area contributed by atoms with Gasteiger partial charge < -0.3 is 4.90 Å². The largest absolute Gasteiger partial charge is 0.346 e. The van der Waals surface area contributed by atoms with Gasteiger partial charge in [-0.25, -0.2) is 9.38 Å². The number of amidine groups is 1. The van der Waals surface area contributed by atoms with Crippen molar-refractivity contribution in [2.75, 3.05) is 12.3 Å². The van der Waals surface area contributed by atoms with E-state index in [4.69, 9.17) is 0 Å². The summed E-state index contributed by atoms with van der Waals surface area (Å²) in [5, 5.41) is 0.987. The molecule has 0 aliphatic carbocycles. The van der Waals surface area contributed by atoms with Crippen LogP contribution in [0.2, 0.25) is 0 Å². The average molecular weight is 287 g/mol. The molecule has 0 spiro atoms. The van der Waals surface area contributed by atoms with Gasteiger partial charge in [-0.15, -0.1) is 0 Å². The number of thioether (sulfide) groups is 1. The lowest BCUT2D eigenvalue weighted by Crippen LogP contribution is -2.23. The molecular formula is C15H14FN3S. The summed E-state index contributed by atoms with van der Waals surface area (Å²) in [6, 6.07) is 10.3. The van der Waals surface area contributed by atoms with Crippen LogP contribution < -0.4 is 0 Å². The maximum absolute atomic E-state index is 12.9. The van der Waals surface area contributed by atoms with E-state index in [2.05, 4.69) is 20.9 Å². The number of aromatic nitrogens is 1. The van der Waals surface area contributed by atoms with Crippen LogP contribution in [0.5, 0.6) is 0 Å². The van der Waals surface area contributed by atoms with E-state index in [9.17, 15) is 4.39 Å². The number of halogens is 1. The fourth-order valence-electron chi connectivity index (χ4n) is 2.02. The van der Waals surface area contributed by atoms with Crippen molar-refractivity contribution >= 4 is 22.6 Å². The van der Waals surface area contributed by atoms with Gasteiger partial charge in [0.05, 0.1) is 5.69 Å². The van der Waals surface area contributed by atoms with Crippen LogP contribution in [0.15, 0.2) is 53.8 Å². The quantitative estimate of drug-likeness (QED) is 0.865. The van der Waals surface area contributed by atoms with E-state index in [1.807, 2.05) is 12.3 Å². The average Bonchev–Trinajstić information content (AvgIpc) is 2.90. The monoisotopic (exact) mass is 287 g/mol. The Hall–Kier alpha value is -1.88. The topological polar surface area (TPSA) is 28.5 Å². The standard InChI is InChI=1S/C15H14FN3S/c16-13-3-5-14(6-4-13)18-15-19(8-9-20-15)11-12-2-1-7-17-10-12/h1-7,10H,8-9,11H2. The molecule has 0 bridgehead atoms. The van der Waals surface area contributed by atoms with Gasteiger partial charge in [0.2, 0.25) is 0 Å². The number of rotatable bonds is 3. The zero-order valence-corrected chi connectivity index (χ0v) is 11.7. The molecule has 0 saturated carbocycles. The molecular weight excluding hydrogens is 273 g/mol. The van der Waals surface area contributed by atoms with Crippen LogP contribution in [0.3, 0.4) is 0 Å². The molecule has 102 valence electrons. The highest BCUT2D eigenvalue weighted by Gasteiger charge is 2.19. The zero-order chi connectivity index (χ0) is 13.8. The molecule has 0 amide bonds. The van der Waals surface area contributed by atoms with Crippen LogP contribution in [0, 0.1) is 5.82 Å². The summed E-state index contributed by atoms with van der Waals surface area (Å²) in [6.45, 7) is 1.78. The first kappa shape index (κ1) is 13.1. The lowest BCUT2D eigenvalue weighted by atomic mass is 10.3. The molecule has 2 heterocycles. The number of pyridine rings is 1. The lowest BCUT2D eigenvalue weighted by molar-refractivity contribution is 0.456. The minimum Gasteiger partial charge on any atom is -0.346 e. The van der Waals surface area contributed by atoms with Gasteiger partial charge in [-0.05, 0) is 35.9 Å². The van der Waals surface area contributed by atoms with Gasteiger partial charge in [0, 0.05) is 31.2 Å². The van der Waals surface area contributed by atoms with Crippen molar-refractivity contribution in [2.45, 2.75) is 6.54 Å². The Morgan fingerprint density at radius 1 is 1.25 bits per heavy atom. The van der Waals surface area contributed by atoms with E-state index in [0.29, 0.717) is 0 Å². The molecule has 3 nitrogen and oxygen atoms in total. The van der Waals surface area contributed by atoms with Crippen LogP contribution in [-0.2, 0) is 6.54 Å². The second-order valence-electron chi connectivity index (χ2n) is 4.50. The molecule has 1 aromatic carbocycles. The summed E-state index contributed by atoms with van der Waals surface area (Å²) >= 11 is 1.73. The molecule has 1 saturated heterocycles. The third-order valence-corrected chi connectivity index (χ3v) is 4.00. The molecule has 0 atom stereocenters. The minimum absolute atomic E-state index is 0.236. The highest BCUT2D eigenvalue weighted by Crippen LogP contribution is 2.24. The van der Waals surface area contributed by atoms with Crippen LogP contribution in [-0.4, -0.2) is 27.3 Å². The van der Waals surface area contributed by atoms with Crippen molar-refractivity contribution < 1.29 is 4.39 Å². The maximum atomic E-state index is 12.9.